The summed E-state index contributed by atoms with van der Waals surface area (Å²) in [5.74, 6) is -1.35. The van der Waals surface area contributed by atoms with Crippen molar-refractivity contribution in [2.45, 2.75) is 41.5 Å². The average molecular weight is 572 g/mol. The van der Waals surface area contributed by atoms with Crippen LogP contribution in [0.3, 0.4) is 0 Å². The number of carbonyl (C=O) groups excluding carboxylic acids is 4. The number of rotatable bonds is 4. The molecule has 0 aromatic heterocycles. The third-order valence-corrected chi connectivity index (χ3v) is 5.08. The summed E-state index contributed by atoms with van der Waals surface area (Å²) in [5, 5.41) is 23.6. The van der Waals surface area contributed by atoms with Gasteiger partial charge in [-0.3, -0.25) is 20.2 Å². The van der Waals surface area contributed by atoms with Crippen LogP contribution in [0.15, 0.2) is 23.9 Å². The molecule has 0 aromatic carbocycles. The van der Waals surface area contributed by atoms with Gasteiger partial charge in [0.1, 0.15) is 0 Å². The molecule has 4 N–H and O–H groups in total. The van der Waals surface area contributed by atoms with Crippen LogP contribution in [-0.4, -0.2) is 96.2 Å². The number of ether oxygens (including phenoxy) is 2. The zero-order chi connectivity index (χ0) is 27.5. The molecule has 0 spiro atoms. The van der Waals surface area contributed by atoms with E-state index in [4.69, 9.17) is 9.47 Å². The molecule has 2 saturated heterocycles. The molecule has 0 unspecified atom stereocenters. The van der Waals surface area contributed by atoms with Gasteiger partial charge in [-0.2, -0.15) is 0 Å². The number of hydrogen-bond donors (Lipinski definition) is 4. The van der Waals surface area contributed by atoms with Gasteiger partial charge in [-0.15, -0.1) is 0 Å². The number of amides is 4. The van der Waals surface area contributed by atoms with Crippen molar-refractivity contribution in [1.82, 2.24) is 20.4 Å². The van der Waals surface area contributed by atoms with Crippen molar-refractivity contribution < 1.29 is 55.6 Å². The number of urea groups is 2. The minimum atomic E-state index is -0.586. The van der Waals surface area contributed by atoms with Crippen molar-refractivity contribution in [1.29, 1.82) is 0 Å². The van der Waals surface area contributed by atoms with Crippen molar-refractivity contribution in [3.63, 3.8) is 0 Å². The Hall–Kier alpha value is -2.61. The first-order valence-corrected chi connectivity index (χ1v) is 11.8. The Morgan fingerprint density at radius 1 is 0.649 bits per heavy atom. The van der Waals surface area contributed by atoms with Crippen molar-refractivity contribution in [3.05, 3.63) is 23.9 Å². The van der Waals surface area contributed by atoms with Crippen LogP contribution in [0.2, 0.25) is 0 Å². The maximum absolute atomic E-state index is 11.7. The first kappa shape index (κ1) is 34.4. The monoisotopic (exact) mass is 571 g/mol. The molecule has 13 heteroatoms. The van der Waals surface area contributed by atoms with Gasteiger partial charge in [-0.1, -0.05) is 41.5 Å². The number of carbonyl (C=O) groups is 4. The van der Waals surface area contributed by atoms with Gasteiger partial charge in [0.2, 0.25) is 0 Å². The number of aliphatic hydroxyl groups excluding tert-OH is 2. The summed E-state index contributed by atoms with van der Waals surface area (Å²) in [4.78, 5) is 49.6. The van der Waals surface area contributed by atoms with E-state index in [9.17, 15) is 29.4 Å². The van der Waals surface area contributed by atoms with Gasteiger partial charge < -0.3 is 29.5 Å². The second-order valence-electron chi connectivity index (χ2n) is 10.3. The number of aliphatic hydroxyl groups is 2. The van der Waals surface area contributed by atoms with Crippen LogP contribution < -0.4 is 10.6 Å². The molecule has 1 radical (unpaired) electrons. The first-order valence-electron chi connectivity index (χ1n) is 11.8. The van der Waals surface area contributed by atoms with Gasteiger partial charge >= 0.3 is 12.1 Å². The minimum Gasteiger partial charge on any atom is -0.494 e. The van der Waals surface area contributed by atoms with E-state index < -0.39 is 34.7 Å². The standard InChI is InChI=1S/2C12H20N2O4.Co/c2*1-12(2,3)9(15)8-10(16)13-11(17)14-4-6-18-7-5-14;/h2*8,16H,4-7H2,1-3H3,(H,13,17);/b2*10-8-;. The summed E-state index contributed by atoms with van der Waals surface area (Å²) in [6.45, 7) is 14.3. The summed E-state index contributed by atoms with van der Waals surface area (Å²) >= 11 is 0. The third kappa shape index (κ3) is 13.5. The Balaban J connectivity index is 0.000000682. The number of nitrogens with zero attached hydrogens (tertiary/aromatic N) is 2. The number of morpholine rings is 2. The molecular formula is C24H40CoN4O8. The topological polar surface area (TPSA) is 158 Å². The molecule has 0 aliphatic carbocycles. The Bertz CT molecular complexity index is 780. The van der Waals surface area contributed by atoms with Crippen molar-refractivity contribution in [3.8, 4) is 0 Å². The second kappa shape index (κ2) is 15.6. The van der Waals surface area contributed by atoms with Gasteiger partial charge in [0.05, 0.1) is 26.4 Å². The Morgan fingerprint density at radius 3 is 1.16 bits per heavy atom. The fourth-order valence-corrected chi connectivity index (χ4v) is 2.66. The molecule has 2 fully saturated rings. The molecule has 2 aliphatic rings. The van der Waals surface area contributed by atoms with Crippen LogP contribution in [0.1, 0.15) is 41.5 Å². The predicted octanol–water partition coefficient (Wildman–Crippen LogP) is 2.08. The van der Waals surface area contributed by atoms with Crippen molar-refractivity contribution >= 4 is 23.6 Å². The van der Waals surface area contributed by atoms with Crippen LogP contribution in [0.25, 0.3) is 0 Å². The maximum atomic E-state index is 11.7. The number of allylic oxidation sites excluding steroid dienone is 2. The molecule has 0 bridgehead atoms. The number of ketones is 2. The minimum absolute atomic E-state index is 0. The third-order valence-electron chi connectivity index (χ3n) is 5.08. The maximum Gasteiger partial charge on any atom is 0.324 e. The fraction of sp³-hybridized carbons (Fsp3) is 0.667. The van der Waals surface area contributed by atoms with E-state index in [0.717, 1.165) is 12.2 Å². The zero-order valence-electron chi connectivity index (χ0n) is 22.4. The quantitative estimate of drug-likeness (QED) is 0.295. The van der Waals surface area contributed by atoms with Crippen molar-refractivity contribution in [2.24, 2.45) is 10.8 Å². The number of nitrogens with one attached hydrogen (secondary N) is 2. The summed E-state index contributed by atoms with van der Waals surface area (Å²) in [6, 6.07) is -0.845. The molecule has 0 aromatic rings. The Kier molecular flexibility index (Phi) is 14.5. The van der Waals surface area contributed by atoms with E-state index >= 15 is 0 Å². The van der Waals surface area contributed by atoms with Crippen LogP contribution in [0, 0.1) is 10.8 Å². The number of hydrogen-bond acceptors (Lipinski definition) is 8. The van der Waals surface area contributed by atoms with E-state index in [0.29, 0.717) is 52.6 Å². The van der Waals surface area contributed by atoms with Gasteiger partial charge in [0.15, 0.2) is 23.3 Å². The predicted molar refractivity (Wildman–Crippen MR) is 132 cm³/mol. The van der Waals surface area contributed by atoms with Crippen molar-refractivity contribution in [2.75, 3.05) is 52.6 Å². The molecule has 12 nitrogen and oxygen atoms in total. The largest absolute Gasteiger partial charge is 0.494 e. The molecule has 4 amide bonds. The van der Waals surface area contributed by atoms with Crippen LogP contribution >= 0.6 is 0 Å². The smallest absolute Gasteiger partial charge is 0.324 e. The molecule has 2 rings (SSSR count). The first-order chi connectivity index (χ1) is 16.6. The van der Waals surface area contributed by atoms with Crippen LogP contribution in [-0.2, 0) is 35.8 Å². The van der Waals surface area contributed by atoms with E-state index in [-0.39, 0.29) is 28.3 Å². The Morgan fingerprint density at radius 2 is 0.919 bits per heavy atom. The summed E-state index contributed by atoms with van der Waals surface area (Å²) in [6.07, 6.45) is 2.08. The molecule has 2 heterocycles. The van der Waals surface area contributed by atoms with E-state index in [1.807, 2.05) is 0 Å². The average Bonchev–Trinajstić information content (AvgIpc) is 2.79. The van der Waals surface area contributed by atoms with Crippen LogP contribution in [0.5, 0.6) is 0 Å². The molecule has 0 atom stereocenters. The van der Waals surface area contributed by atoms with Gasteiger partial charge in [0.25, 0.3) is 0 Å². The van der Waals surface area contributed by atoms with Gasteiger partial charge in [-0.25, -0.2) is 9.59 Å². The van der Waals surface area contributed by atoms with E-state index in [1.165, 1.54) is 9.80 Å². The molecule has 2 aliphatic heterocycles. The zero-order valence-corrected chi connectivity index (χ0v) is 23.4. The molecule has 37 heavy (non-hydrogen) atoms. The van der Waals surface area contributed by atoms with Gasteiger partial charge in [0, 0.05) is 65.9 Å². The molecule has 0 saturated carbocycles. The summed E-state index contributed by atoms with van der Waals surface area (Å²) in [5.41, 5.74) is -1.17. The van der Waals surface area contributed by atoms with Gasteiger partial charge in [-0.05, 0) is 0 Å². The Labute approximate surface area is 228 Å². The summed E-state index contributed by atoms with van der Waals surface area (Å²) < 4.78 is 10.2. The fourth-order valence-electron chi connectivity index (χ4n) is 2.66. The molecule has 213 valence electrons. The van der Waals surface area contributed by atoms with E-state index in [1.54, 1.807) is 41.5 Å². The summed E-state index contributed by atoms with van der Waals surface area (Å²) in [7, 11) is 0. The van der Waals surface area contributed by atoms with E-state index in [2.05, 4.69) is 10.6 Å². The second-order valence-corrected chi connectivity index (χ2v) is 10.3. The molecular weight excluding hydrogens is 531 g/mol. The normalized spacial score (nSPS) is 17.0. The van der Waals surface area contributed by atoms with Crippen LogP contribution in [0.4, 0.5) is 9.59 Å². The SMILES string of the molecule is CC(C)(C)C(=O)/C=C(\O)NC(=O)N1CCOCC1.CC(C)(C)C(=O)/C=C(\O)NC(=O)N1CCOCC1.[Co].